The van der Waals surface area contributed by atoms with E-state index in [0.717, 1.165) is 6.42 Å². The Bertz CT molecular complexity index is 514. The van der Waals surface area contributed by atoms with Gasteiger partial charge in [-0.1, -0.05) is 37.3 Å². The fraction of sp³-hybridized carbons (Fsp3) is 0.533. The molecule has 1 N–H and O–H groups in total. The van der Waals surface area contributed by atoms with Gasteiger partial charge in [-0.25, -0.2) is 0 Å². The average molecular weight is 389 g/mol. The van der Waals surface area contributed by atoms with Gasteiger partial charge in [0.15, 0.2) is 0 Å². The number of nitrogens with one attached hydrogen (secondary N) is 1. The largest absolute Gasteiger partial charge is 1.00 e. The van der Waals surface area contributed by atoms with Crippen LogP contribution in [0.3, 0.4) is 0 Å². The summed E-state index contributed by atoms with van der Waals surface area (Å²) < 4.78 is 20.2. The summed E-state index contributed by atoms with van der Waals surface area (Å²) in [5, 5.41) is 2.68. The van der Waals surface area contributed by atoms with Crippen LogP contribution in [0, 0.1) is 0 Å². The maximum absolute atomic E-state index is 11.9. The van der Waals surface area contributed by atoms with Gasteiger partial charge in [0.2, 0.25) is 5.91 Å². The summed E-state index contributed by atoms with van der Waals surface area (Å²) in [5.74, 6) is -0.255. The molecule has 0 aliphatic rings. The number of rotatable bonds is 11. The van der Waals surface area contributed by atoms with Crippen molar-refractivity contribution in [3.63, 3.8) is 0 Å². The minimum Gasteiger partial charge on any atom is -0.790 e. The molecule has 1 atom stereocenters. The van der Waals surface area contributed by atoms with E-state index in [1.807, 2.05) is 6.92 Å². The monoisotopic (exact) mass is 389 g/mol. The van der Waals surface area contributed by atoms with Crippen LogP contribution in [0.5, 0.6) is 0 Å². The number of hydrogen-bond acceptors (Lipinski definition) is 6. The van der Waals surface area contributed by atoms with Crippen LogP contribution in [0.4, 0.5) is 0 Å². The van der Waals surface area contributed by atoms with Crippen molar-refractivity contribution in [3.8, 4) is 0 Å². The van der Waals surface area contributed by atoms with Crippen molar-refractivity contribution < 1.29 is 87.5 Å². The first-order valence-electron chi connectivity index (χ1n) is 7.51. The number of phosphoric ester groups is 1. The van der Waals surface area contributed by atoms with Gasteiger partial charge in [0.05, 0.1) is 20.5 Å². The summed E-state index contributed by atoms with van der Waals surface area (Å²) in [5.41, 5.74) is 0.663. The second-order valence-corrected chi connectivity index (χ2v) is 6.14. The molecule has 0 aliphatic carbocycles. The maximum atomic E-state index is 11.9. The van der Waals surface area contributed by atoms with E-state index < -0.39 is 20.5 Å². The standard InChI is InChI=1S/C15H24NO6P.2Na/c1-2-10-21-11-6-9-15(17)16-14(12-22-23(18,19)20)13-7-4-3-5-8-13;;/h3-5,7-8,14H,2,6,9-12H2,1H3,(H,16,17)(H2,18,19,20);;/q;2*+1/p-2/t14-;;/m1../s1. The summed E-state index contributed by atoms with van der Waals surface area (Å²) in [7, 11) is -5.09. The summed E-state index contributed by atoms with van der Waals surface area (Å²) >= 11 is 0. The molecule has 0 unspecified atom stereocenters. The molecule has 0 aromatic heterocycles. The van der Waals surface area contributed by atoms with Crippen LogP contribution >= 0.6 is 7.82 Å². The van der Waals surface area contributed by atoms with Gasteiger partial charge in [-0.3, -0.25) is 4.79 Å². The van der Waals surface area contributed by atoms with Crippen molar-refractivity contribution in [1.82, 2.24) is 5.32 Å². The van der Waals surface area contributed by atoms with E-state index in [0.29, 0.717) is 25.2 Å². The van der Waals surface area contributed by atoms with Crippen molar-refractivity contribution >= 4 is 13.7 Å². The van der Waals surface area contributed by atoms with Gasteiger partial charge in [0.1, 0.15) is 0 Å². The Kier molecular flexibility index (Phi) is 17.7. The Hall–Kier alpha value is 0.760. The van der Waals surface area contributed by atoms with E-state index in [1.165, 1.54) is 0 Å². The van der Waals surface area contributed by atoms with E-state index >= 15 is 0 Å². The predicted molar refractivity (Wildman–Crippen MR) is 81.2 cm³/mol. The normalized spacial score (nSPS) is 11.8. The summed E-state index contributed by atoms with van der Waals surface area (Å²) in [4.78, 5) is 33.2. The number of hydrogen-bond donors (Lipinski definition) is 1. The van der Waals surface area contributed by atoms with E-state index in [4.69, 9.17) is 4.74 Å². The molecule has 1 amide bonds. The quantitative estimate of drug-likeness (QED) is 0.230. The number of phosphoric acid groups is 1. The van der Waals surface area contributed by atoms with E-state index in [2.05, 4.69) is 9.84 Å². The van der Waals surface area contributed by atoms with Gasteiger partial charge in [-0.2, -0.15) is 0 Å². The molecule has 0 heterocycles. The molecule has 1 rings (SSSR count). The van der Waals surface area contributed by atoms with Gasteiger partial charge < -0.3 is 28.9 Å². The Morgan fingerprint density at radius 3 is 2.40 bits per heavy atom. The Labute approximate surface area is 193 Å². The topological polar surface area (TPSA) is 111 Å². The van der Waals surface area contributed by atoms with Gasteiger partial charge in [0, 0.05) is 19.6 Å². The molecule has 0 radical (unpaired) electrons. The SMILES string of the molecule is CCCOCCCC(=O)N[C@H](COP(=O)([O-])[O-])c1ccccc1.[Na+].[Na+]. The number of amides is 1. The van der Waals surface area contributed by atoms with Crippen LogP contribution in [0.1, 0.15) is 37.8 Å². The molecule has 0 saturated carbocycles. The number of carbonyl (C=O) groups excluding carboxylic acids is 1. The molecule has 0 fully saturated rings. The van der Waals surface area contributed by atoms with Crippen molar-refractivity contribution in [2.24, 2.45) is 0 Å². The zero-order chi connectivity index (χ0) is 17.1. The van der Waals surface area contributed by atoms with E-state index in [-0.39, 0.29) is 71.4 Å². The molecule has 7 nitrogen and oxygen atoms in total. The van der Waals surface area contributed by atoms with Crippen LogP contribution in [-0.2, 0) is 18.6 Å². The molecule has 0 bridgehead atoms. The fourth-order valence-corrected chi connectivity index (χ4v) is 2.25. The number of benzene rings is 1. The van der Waals surface area contributed by atoms with Gasteiger partial charge in [-0.15, -0.1) is 0 Å². The second kappa shape index (κ2) is 15.8. The maximum Gasteiger partial charge on any atom is 1.00 e. The molecule has 0 saturated heterocycles. The van der Waals surface area contributed by atoms with Crippen LogP contribution in [0.25, 0.3) is 0 Å². The Morgan fingerprint density at radius 1 is 1.20 bits per heavy atom. The zero-order valence-corrected chi connectivity index (χ0v) is 20.0. The van der Waals surface area contributed by atoms with Crippen LogP contribution < -0.4 is 74.2 Å². The molecule has 1 aromatic carbocycles. The first-order valence-corrected chi connectivity index (χ1v) is 8.97. The fourth-order valence-electron chi connectivity index (χ4n) is 1.92. The third kappa shape index (κ3) is 14.5. The predicted octanol–water partition coefficient (Wildman–Crippen LogP) is -5.10. The van der Waals surface area contributed by atoms with Crippen LogP contribution in [0.2, 0.25) is 0 Å². The smallest absolute Gasteiger partial charge is 0.790 e. The summed E-state index contributed by atoms with van der Waals surface area (Å²) in [6.07, 6.45) is 1.74. The van der Waals surface area contributed by atoms with Crippen molar-refractivity contribution in [2.75, 3.05) is 19.8 Å². The Balaban J connectivity index is 0. The molecular weight excluding hydrogens is 367 g/mol. The summed E-state index contributed by atoms with van der Waals surface area (Å²) in [6.45, 7) is 2.72. The van der Waals surface area contributed by atoms with E-state index in [9.17, 15) is 19.1 Å². The van der Waals surface area contributed by atoms with Gasteiger partial charge in [0.25, 0.3) is 0 Å². The van der Waals surface area contributed by atoms with Crippen molar-refractivity contribution in [2.45, 2.75) is 32.2 Å². The molecule has 130 valence electrons. The number of carbonyl (C=O) groups is 1. The van der Waals surface area contributed by atoms with Gasteiger partial charge in [-0.05, 0) is 18.4 Å². The zero-order valence-electron chi connectivity index (χ0n) is 15.1. The third-order valence-electron chi connectivity index (χ3n) is 2.98. The first kappa shape index (κ1) is 28.0. The molecule has 1 aromatic rings. The molecular formula is C15H22NNa2O6P. The minimum atomic E-state index is -5.09. The average Bonchev–Trinajstić information content (AvgIpc) is 2.51. The summed E-state index contributed by atoms with van der Waals surface area (Å²) in [6, 6.07) is 8.04. The molecule has 10 heteroatoms. The Morgan fingerprint density at radius 2 is 1.84 bits per heavy atom. The number of ether oxygens (including phenoxy) is 1. The van der Waals surface area contributed by atoms with Gasteiger partial charge >= 0.3 is 59.1 Å². The van der Waals surface area contributed by atoms with Crippen LogP contribution in [0.15, 0.2) is 30.3 Å². The second-order valence-electron chi connectivity index (χ2n) is 4.99. The molecule has 0 aliphatic heterocycles. The molecule has 0 spiro atoms. The minimum absolute atomic E-state index is 0. The molecule has 25 heavy (non-hydrogen) atoms. The van der Waals surface area contributed by atoms with Crippen molar-refractivity contribution in [3.05, 3.63) is 35.9 Å². The third-order valence-corrected chi connectivity index (χ3v) is 3.44. The van der Waals surface area contributed by atoms with Crippen molar-refractivity contribution in [1.29, 1.82) is 0 Å². The van der Waals surface area contributed by atoms with Crippen LogP contribution in [-0.4, -0.2) is 25.7 Å². The first-order chi connectivity index (χ1) is 10.9. The van der Waals surface area contributed by atoms with E-state index in [1.54, 1.807) is 30.3 Å².